The van der Waals surface area contributed by atoms with E-state index in [0.717, 1.165) is 5.57 Å². The van der Waals surface area contributed by atoms with E-state index >= 15 is 0 Å². The second-order valence-corrected chi connectivity index (χ2v) is 7.18. The van der Waals surface area contributed by atoms with Crippen LogP contribution >= 0.6 is 0 Å². The highest BCUT2D eigenvalue weighted by Crippen LogP contribution is 2.35. The van der Waals surface area contributed by atoms with Crippen LogP contribution in [-0.4, -0.2) is 35.5 Å². The van der Waals surface area contributed by atoms with Gasteiger partial charge in [-0.3, -0.25) is 5.26 Å². The van der Waals surface area contributed by atoms with Gasteiger partial charge in [-0.2, -0.15) is 0 Å². The largest absolute Gasteiger partial charge is 0.454 e. The Morgan fingerprint density at radius 3 is 2.62 bits per heavy atom. The smallest absolute Gasteiger partial charge is 0.334 e. The van der Waals surface area contributed by atoms with Crippen LogP contribution in [0, 0.1) is 5.92 Å². The van der Waals surface area contributed by atoms with E-state index in [4.69, 9.17) is 9.47 Å². The Bertz CT molecular complexity index is 701. The van der Waals surface area contributed by atoms with E-state index in [2.05, 4.69) is 18.0 Å². The molecule has 6 heteroatoms. The number of hydrogen-bond donors (Lipinski definition) is 1. The third-order valence-electron chi connectivity index (χ3n) is 5.26. The number of hydrogen-bond acceptors (Lipinski definition) is 6. The van der Waals surface area contributed by atoms with Crippen LogP contribution < -0.4 is 0 Å². The zero-order valence-electron chi connectivity index (χ0n) is 14.9. The molecule has 1 aliphatic carbocycles. The number of carbonyl (C=O) groups excluding carboxylic acids is 2. The van der Waals surface area contributed by atoms with Gasteiger partial charge in [0.15, 0.2) is 0 Å². The zero-order valence-corrected chi connectivity index (χ0v) is 14.9. The van der Waals surface area contributed by atoms with Crippen LogP contribution in [0.25, 0.3) is 0 Å². The van der Waals surface area contributed by atoms with Crippen LogP contribution in [0.2, 0.25) is 0 Å². The molecule has 0 aromatic heterocycles. The molecule has 1 saturated heterocycles. The van der Waals surface area contributed by atoms with Crippen LogP contribution in [0.4, 0.5) is 0 Å². The third-order valence-corrected chi connectivity index (χ3v) is 5.26. The molecule has 0 radical (unpaired) electrons. The van der Waals surface area contributed by atoms with Crippen LogP contribution in [0.3, 0.4) is 0 Å². The van der Waals surface area contributed by atoms with Gasteiger partial charge in [0, 0.05) is 23.5 Å². The minimum Gasteiger partial charge on any atom is -0.454 e. The fraction of sp³-hybridized carbons (Fsp3) is 0.500. The van der Waals surface area contributed by atoms with Crippen LogP contribution in [0.15, 0.2) is 47.6 Å². The van der Waals surface area contributed by atoms with Gasteiger partial charge in [0.25, 0.3) is 0 Å². The molecule has 2 bridgehead atoms. The van der Waals surface area contributed by atoms with Crippen molar-refractivity contribution in [2.45, 2.75) is 57.3 Å². The van der Waals surface area contributed by atoms with Crippen molar-refractivity contribution in [2.24, 2.45) is 5.92 Å². The van der Waals surface area contributed by atoms with Gasteiger partial charge in [0.1, 0.15) is 18.3 Å². The Balaban J connectivity index is 1.87. The quantitative estimate of drug-likeness (QED) is 0.254. The summed E-state index contributed by atoms with van der Waals surface area (Å²) in [5, 5.41) is 9.22. The molecule has 26 heavy (non-hydrogen) atoms. The lowest BCUT2D eigenvalue weighted by molar-refractivity contribution is -0.270. The predicted octanol–water partition coefficient (Wildman–Crippen LogP) is 3.26. The van der Waals surface area contributed by atoms with E-state index in [0.29, 0.717) is 48.8 Å². The third kappa shape index (κ3) is 3.81. The molecule has 0 saturated carbocycles. The van der Waals surface area contributed by atoms with Gasteiger partial charge < -0.3 is 9.47 Å². The minimum atomic E-state index is -0.576. The lowest BCUT2D eigenvalue weighted by Crippen LogP contribution is -2.18. The first-order chi connectivity index (χ1) is 12.4. The molecule has 3 aliphatic rings. The van der Waals surface area contributed by atoms with Crippen LogP contribution in [-0.2, 0) is 24.0 Å². The van der Waals surface area contributed by atoms with E-state index < -0.39 is 6.10 Å². The lowest BCUT2D eigenvalue weighted by atomic mass is 9.87. The van der Waals surface area contributed by atoms with Gasteiger partial charge in [0.2, 0.25) is 0 Å². The Morgan fingerprint density at radius 2 is 1.88 bits per heavy atom. The van der Waals surface area contributed by atoms with Crippen LogP contribution in [0.1, 0.15) is 39.0 Å². The average Bonchev–Trinajstić information content (AvgIpc) is 3.05. The fourth-order valence-corrected chi connectivity index (χ4v) is 3.73. The van der Waals surface area contributed by atoms with E-state index in [-0.39, 0.29) is 30.1 Å². The summed E-state index contributed by atoms with van der Waals surface area (Å²) in [5.41, 5.74) is 2.74. The molecule has 0 aromatic rings. The first kappa shape index (κ1) is 18.6. The molecular weight excluding hydrogens is 336 g/mol. The molecule has 0 aromatic carbocycles. The Kier molecular flexibility index (Phi) is 5.44. The number of ether oxygens (including phenoxy) is 2. The van der Waals surface area contributed by atoms with Crippen molar-refractivity contribution in [1.82, 2.24) is 0 Å². The summed E-state index contributed by atoms with van der Waals surface area (Å²) in [6.07, 6.45) is 5.05. The topological polar surface area (TPSA) is 82.1 Å². The van der Waals surface area contributed by atoms with Crippen molar-refractivity contribution in [2.75, 3.05) is 0 Å². The molecule has 4 atom stereocenters. The van der Waals surface area contributed by atoms with Crippen molar-refractivity contribution in [3.8, 4) is 0 Å². The molecule has 2 aliphatic heterocycles. The summed E-state index contributed by atoms with van der Waals surface area (Å²) in [7, 11) is 0. The van der Waals surface area contributed by atoms with Gasteiger partial charge in [-0.05, 0) is 50.3 Å². The molecule has 2 heterocycles. The zero-order chi connectivity index (χ0) is 18.8. The molecule has 4 unspecified atom stereocenters. The first-order valence-corrected chi connectivity index (χ1v) is 8.85. The Morgan fingerprint density at radius 1 is 1.12 bits per heavy atom. The summed E-state index contributed by atoms with van der Waals surface area (Å²) in [6, 6.07) is 0. The number of fused-ring (bicyclic) bond motifs is 2. The maximum absolute atomic E-state index is 12.0. The predicted molar refractivity (Wildman–Crippen MR) is 94.0 cm³/mol. The maximum atomic E-state index is 12.0. The van der Waals surface area contributed by atoms with E-state index in [1.54, 1.807) is 0 Å². The van der Waals surface area contributed by atoms with Gasteiger partial charge in [0.05, 0.1) is 0 Å². The fourth-order valence-electron chi connectivity index (χ4n) is 3.73. The van der Waals surface area contributed by atoms with E-state index in [9.17, 15) is 14.8 Å². The molecule has 0 spiro atoms. The normalized spacial score (nSPS) is 33.0. The summed E-state index contributed by atoms with van der Waals surface area (Å²) in [5.74, 6) is -0.865. The van der Waals surface area contributed by atoms with Crippen molar-refractivity contribution >= 4 is 11.9 Å². The molecule has 1 fully saturated rings. The second kappa shape index (κ2) is 7.60. The molecular formula is C20H24O6. The highest BCUT2D eigenvalue weighted by molar-refractivity contribution is 5.91. The summed E-state index contributed by atoms with van der Waals surface area (Å²) in [4.78, 5) is 28.5. The van der Waals surface area contributed by atoms with Crippen molar-refractivity contribution < 1.29 is 29.2 Å². The van der Waals surface area contributed by atoms with Gasteiger partial charge >= 0.3 is 11.9 Å². The van der Waals surface area contributed by atoms with E-state index in [1.807, 2.05) is 19.1 Å². The SMILES string of the molecule is C=C1CCC2C(=C)C(=O)OC2C=C(C)CC2C=C(CCC1OO)C(=O)O2. The molecule has 3 rings (SSSR count). The van der Waals surface area contributed by atoms with Gasteiger partial charge in [-0.1, -0.05) is 18.7 Å². The minimum absolute atomic E-state index is 0.145. The molecule has 0 amide bonds. The van der Waals surface area contributed by atoms with Crippen molar-refractivity contribution in [1.29, 1.82) is 0 Å². The average molecular weight is 360 g/mol. The lowest BCUT2D eigenvalue weighted by Gasteiger charge is -2.20. The summed E-state index contributed by atoms with van der Waals surface area (Å²) < 4.78 is 10.8. The highest BCUT2D eigenvalue weighted by atomic mass is 17.1. The van der Waals surface area contributed by atoms with E-state index in [1.165, 1.54) is 0 Å². The molecule has 6 nitrogen and oxygen atoms in total. The first-order valence-electron chi connectivity index (χ1n) is 8.85. The maximum Gasteiger partial charge on any atom is 0.334 e. The number of carbonyl (C=O) groups is 2. The van der Waals surface area contributed by atoms with Gasteiger partial charge in [-0.15, -0.1) is 0 Å². The van der Waals surface area contributed by atoms with Crippen molar-refractivity contribution in [3.63, 3.8) is 0 Å². The summed E-state index contributed by atoms with van der Waals surface area (Å²) >= 11 is 0. The second-order valence-electron chi connectivity index (χ2n) is 7.18. The van der Waals surface area contributed by atoms with Crippen molar-refractivity contribution in [3.05, 3.63) is 47.6 Å². The monoisotopic (exact) mass is 360 g/mol. The summed E-state index contributed by atoms with van der Waals surface area (Å²) in [6.45, 7) is 9.80. The molecule has 140 valence electrons. The number of rotatable bonds is 1. The Labute approximate surface area is 152 Å². The number of esters is 2. The Hall–Kier alpha value is -2.18. The standard InChI is InChI=1S/C20H24O6/c1-11-8-15-10-14(20(22)24-15)5-7-17(26-23)12(2)4-6-16-13(3)19(21)25-18(16)9-11/h9-10,15-18,23H,2-8H2,1H3. The van der Waals surface area contributed by atoms with Gasteiger partial charge in [-0.25, -0.2) is 14.5 Å². The highest BCUT2D eigenvalue weighted by Gasteiger charge is 2.38. The van der Waals surface area contributed by atoms with Crippen LogP contribution in [0.5, 0.6) is 0 Å². The molecule has 1 N–H and O–H groups in total.